The first-order valence-electron chi connectivity index (χ1n) is 11.1. The average molecular weight is 466 g/mol. The van der Waals surface area contributed by atoms with E-state index in [0.29, 0.717) is 29.6 Å². The van der Waals surface area contributed by atoms with Crippen LogP contribution in [0.5, 0.6) is 0 Å². The van der Waals surface area contributed by atoms with Crippen LogP contribution in [0.1, 0.15) is 35.7 Å². The second-order valence-corrected chi connectivity index (χ2v) is 8.88. The van der Waals surface area contributed by atoms with E-state index in [-0.39, 0.29) is 5.91 Å². The van der Waals surface area contributed by atoms with Gasteiger partial charge < -0.3 is 10.1 Å². The second-order valence-electron chi connectivity index (χ2n) is 8.45. The summed E-state index contributed by atoms with van der Waals surface area (Å²) in [6.45, 7) is 7.13. The molecule has 1 aromatic heterocycles. The molecular formula is C25H28ClN5O2. The van der Waals surface area contributed by atoms with Crippen molar-refractivity contribution in [2.75, 3.05) is 31.1 Å². The summed E-state index contributed by atoms with van der Waals surface area (Å²) in [5.41, 5.74) is 5.95. The maximum Gasteiger partial charge on any atom is 0.276 e. The molecule has 1 saturated heterocycles. The zero-order chi connectivity index (χ0) is 23.4. The van der Waals surface area contributed by atoms with Crippen molar-refractivity contribution in [1.82, 2.24) is 15.4 Å². The van der Waals surface area contributed by atoms with Gasteiger partial charge >= 0.3 is 0 Å². The molecule has 1 fully saturated rings. The Labute approximate surface area is 198 Å². The first-order chi connectivity index (χ1) is 16.0. The number of hydroxylamine groups is 1. The summed E-state index contributed by atoms with van der Waals surface area (Å²) < 4.78 is 0. The lowest BCUT2D eigenvalue weighted by Crippen LogP contribution is -2.55. The normalized spacial score (nSPS) is 16.1. The molecule has 1 atom stereocenters. The van der Waals surface area contributed by atoms with Crippen LogP contribution >= 0.6 is 11.6 Å². The third-order valence-corrected chi connectivity index (χ3v) is 6.25. The largest absolute Gasteiger partial charge is 0.368 e. The molecule has 1 unspecified atom stereocenters. The first kappa shape index (κ1) is 23.3. The topological polar surface area (TPSA) is 81.1 Å². The van der Waals surface area contributed by atoms with Gasteiger partial charge in [0.15, 0.2) is 0 Å². The Morgan fingerprint density at radius 2 is 1.85 bits per heavy atom. The molecule has 172 valence electrons. The molecular weight excluding hydrogens is 438 g/mol. The predicted octanol–water partition coefficient (Wildman–Crippen LogP) is 4.35. The summed E-state index contributed by atoms with van der Waals surface area (Å²) in [6, 6.07) is 15.2. The number of carbonyl (C=O) groups excluding carboxylic acids is 1. The SMILES string of the molecule is CC(C)c1ccc(C(=O)/N=C\C(NO)N2CCN(c3ccnc4cc(Cl)ccc34)CC2)cc1. The molecule has 4 rings (SSSR count). The number of fused-ring (bicyclic) bond motifs is 1. The van der Waals surface area contributed by atoms with Crippen molar-refractivity contribution in [3.8, 4) is 0 Å². The summed E-state index contributed by atoms with van der Waals surface area (Å²) in [5.74, 6) is 0.0772. The molecule has 0 aliphatic carbocycles. The maximum atomic E-state index is 12.5. The average Bonchev–Trinajstić information content (AvgIpc) is 2.84. The summed E-state index contributed by atoms with van der Waals surface area (Å²) >= 11 is 6.11. The maximum absolute atomic E-state index is 12.5. The number of nitrogens with zero attached hydrogens (tertiary/aromatic N) is 4. The summed E-state index contributed by atoms with van der Waals surface area (Å²) in [5, 5.41) is 11.4. The van der Waals surface area contributed by atoms with E-state index >= 15 is 0 Å². The van der Waals surface area contributed by atoms with Gasteiger partial charge in [-0.25, -0.2) is 4.99 Å². The van der Waals surface area contributed by atoms with Gasteiger partial charge in [0, 0.05) is 60.3 Å². The predicted molar refractivity (Wildman–Crippen MR) is 133 cm³/mol. The number of carbonyl (C=O) groups is 1. The van der Waals surface area contributed by atoms with Gasteiger partial charge in [-0.15, -0.1) is 0 Å². The Morgan fingerprint density at radius 3 is 2.52 bits per heavy atom. The number of amides is 1. The number of aliphatic imine (C=N–C) groups is 1. The van der Waals surface area contributed by atoms with Crippen LogP contribution in [0.15, 0.2) is 59.7 Å². The van der Waals surface area contributed by atoms with Crippen molar-refractivity contribution >= 4 is 40.3 Å². The molecule has 3 aromatic rings. The molecule has 0 saturated carbocycles. The third-order valence-electron chi connectivity index (χ3n) is 6.02. The van der Waals surface area contributed by atoms with Crippen molar-refractivity contribution in [2.24, 2.45) is 4.99 Å². The fraction of sp³-hybridized carbons (Fsp3) is 0.320. The Balaban J connectivity index is 1.39. The van der Waals surface area contributed by atoms with E-state index in [0.717, 1.165) is 29.7 Å². The van der Waals surface area contributed by atoms with Gasteiger partial charge in [0.25, 0.3) is 5.91 Å². The summed E-state index contributed by atoms with van der Waals surface area (Å²) in [7, 11) is 0. The van der Waals surface area contributed by atoms with Gasteiger partial charge in [0.1, 0.15) is 6.17 Å². The lowest BCUT2D eigenvalue weighted by molar-refractivity contribution is 0.0663. The van der Waals surface area contributed by atoms with Gasteiger partial charge in [-0.2, -0.15) is 5.48 Å². The number of hydrogen-bond donors (Lipinski definition) is 2. The molecule has 7 nitrogen and oxygen atoms in total. The van der Waals surface area contributed by atoms with E-state index < -0.39 is 6.17 Å². The van der Waals surface area contributed by atoms with E-state index in [1.165, 1.54) is 11.8 Å². The van der Waals surface area contributed by atoms with Gasteiger partial charge in [-0.1, -0.05) is 37.6 Å². The van der Waals surface area contributed by atoms with Crippen molar-refractivity contribution in [3.63, 3.8) is 0 Å². The highest BCUT2D eigenvalue weighted by molar-refractivity contribution is 6.31. The molecule has 0 radical (unpaired) electrons. The lowest BCUT2D eigenvalue weighted by atomic mass is 10.0. The number of hydrogen-bond acceptors (Lipinski definition) is 6. The summed E-state index contributed by atoms with van der Waals surface area (Å²) in [4.78, 5) is 25.3. The fourth-order valence-corrected chi connectivity index (χ4v) is 4.22. The Morgan fingerprint density at radius 1 is 1.12 bits per heavy atom. The molecule has 0 bridgehead atoms. The van der Waals surface area contributed by atoms with Crippen LogP contribution in [0.3, 0.4) is 0 Å². The monoisotopic (exact) mass is 465 g/mol. The van der Waals surface area contributed by atoms with Crippen LogP contribution in [0, 0.1) is 0 Å². The highest BCUT2D eigenvalue weighted by Crippen LogP contribution is 2.28. The number of pyridine rings is 1. The van der Waals surface area contributed by atoms with E-state index in [2.05, 4.69) is 39.1 Å². The highest BCUT2D eigenvalue weighted by Gasteiger charge is 2.24. The zero-order valence-corrected chi connectivity index (χ0v) is 19.5. The molecule has 1 amide bonds. The molecule has 2 aromatic carbocycles. The van der Waals surface area contributed by atoms with Crippen molar-refractivity contribution in [1.29, 1.82) is 0 Å². The minimum atomic E-state index is -0.543. The number of piperazine rings is 1. The van der Waals surface area contributed by atoms with Gasteiger partial charge in [0.05, 0.1) is 5.52 Å². The summed E-state index contributed by atoms with van der Waals surface area (Å²) in [6.07, 6.45) is 2.72. The van der Waals surface area contributed by atoms with Gasteiger partial charge in [-0.3, -0.25) is 14.7 Å². The fourth-order valence-electron chi connectivity index (χ4n) is 4.06. The van der Waals surface area contributed by atoms with Crippen LogP contribution in [0.4, 0.5) is 5.69 Å². The number of nitrogens with one attached hydrogen (secondary N) is 1. The van der Waals surface area contributed by atoms with Crippen molar-refractivity contribution in [3.05, 3.63) is 70.9 Å². The Kier molecular flexibility index (Phi) is 7.35. The number of aromatic nitrogens is 1. The second kappa shape index (κ2) is 10.4. The molecule has 2 heterocycles. The minimum absolute atomic E-state index is 0.328. The zero-order valence-electron chi connectivity index (χ0n) is 18.8. The molecule has 8 heteroatoms. The van der Waals surface area contributed by atoms with Crippen LogP contribution < -0.4 is 10.4 Å². The Bertz CT molecular complexity index is 1140. The molecule has 2 N–H and O–H groups in total. The van der Waals surface area contributed by atoms with Crippen LogP contribution in [0.25, 0.3) is 10.9 Å². The number of halogens is 1. The highest BCUT2D eigenvalue weighted by atomic mass is 35.5. The van der Waals surface area contributed by atoms with E-state index in [9.17, 15) is 10.0 Å². The van der Waals surface area contributed by atoms with Crippen LogP contribution in [-0.4, -0.2) is 59.6 Å². The van der Waals surface area contributed by atoms with Gasteiger partial charge in [-0.05, 0) is 47.9 Å². The molecule has 1 aliphatic heterocycles. The quantitative estimate of drug-likeness (QED) is 0.416. The Hall–Kier alpha value is -2.84. The number of rotatable bonds is 6. The van der Waals surface area contributed by atoms with Crippen molar-refractivity contribution < 1.29 is 10.0 Å². The standard InChI is InChI=1S/C25H28ClN5O2/c1-17(2)18-3-5-19(6-4-18)25(32)28-16-24(29-33)31-13-11-30(12-14-31)23-9-10-27-22-15-20(26)7-8-21(22)23/h3-10,15-17,24,29,33H,11-14H2,1-2H3/b28-16-. The smallest absolute Gasteiger partial charge is 0.276 e. The van der Waals surface area contributed by atoms with Gasteiger partial charge in [0.2, 0.25) is 0 Å². The van der Waals surface area contributed by atoms with E-state index in [4.69, 9.17) is 11.6 Å². The number of anilines is 1. The molecule has 1 aliphatic rings. The van der Waals surface area contributed by atoms with Crippen LogP contribution in [-0.2, 0) is 0 Å². The first-order valence-corrected chi connectivity index (χ1v) is 11.5. The lowest BCUT2D eigenvalue weighted by Gasteiger charge is -2.38. The van der Waals surface area contributed by atoms with Crippen LogP contribution in [0.2, 0.25) is 5.02 Å². The minimum Gasteiger partial charge on any atom is -0.368 e. The van der Waals surface area contributed by atoms with E-state index in [1.54, 1.807) is 18.3 Å². The van der Waals surface area contributed by atoms with E-state index in [1.807, 2.05) is 36.4 Å². The number of benzene rings is 2. The molecule has 33 heavy (non-hydrogen) atoms. The van der Waals surface area contributed by atoms with Crippen molar-refractivity contribution in [2.45, 2.75) is 25.9 Å². The molecule has 0 spiro atoms. The third kappa shape index (κ3) is 5.39.